The number of amides is 1. The Morgan fingerprint density at radius 3 is 2.03 bits per heavy atom. The van der Waals surface area contributed by atoms with Gasteiger partial charge in [-0.1, -0.05) is 82.5 Å². The van der Waals surface area contributed by atoms with E-state index in [4.69, 9.17) is 5.11 Å². The second kappa shape index (κ2) is 10.3. The molecule has 0 bridgehead atoms. The Balaban J connectivity index is 0.000000302. The molecule has 1 amide bonds. The Labute approximate surface area is 201 Å². The molecular weight excluding hydrogens is 432 g/mol. The number of carboxylic acids is 1. The summed E-state index contributed by atoms with van der Waals surface area (Å²) >= 11 is 0. The topological polar surface area (TPSA) is 110 Å². The standard InChI is InChI=1S/C22H28O3.C5H10N2O2/c1-20(2,3)22(19(23)24,21(25)14-7-4-8-15-21)18-13-9-11-16-10-5-6-12-17(16)18;8-5(9)7-3-1-6-2-4-7/h5-6,9-13,25H,4,7-8,14-15H2,1-3H3,(H,23,24);6H,1-4H2,(H,8,9). The van der Waals surface area contributed by atoms with Crippen molar-refractivity contribution in [3.63, 3.8) is 0 Å². The Hall–Kier alpha value is -2.64. The molecule has 2 fully saturated rings. The molecule has 7 nitrogen and oxygen atoms in total. The number of nitrogens with zero attached hydrogens (tertiary/aromatic N) is 1. The van der Waals surface area contributed by atoms with Crippen LogP contribution in [0.1, 0.15) is 58.4 Å². The van der Waals surface area contributed by atoms with Gasteiger partial charge in [-0.05, 0) is 34.6 Å². The molecule has 4 N–H and O–H groups in total. The summed E-state index contributed by atoms with van der Waals surface area (Å²) in [6, 6.07) is 13.7. The van der Waals surface area contributed by atoms with Crippen LogP contribution in [0.3, 0.4) is 0 Å². The van der Waals surface area contributed by atoms with Crippen molar-refractivity contribution >= 4 is 22.8 Å². The van der Waals surface area contributed by atoms with Crippen LogP contribution in [-0.2, 0) is 10.2 Å². The van der Waals surface area contributed by atoms with Gasteiger partial charge in [0.15, 0.2) is 0 Å². The lowest BCUT2D eigenvalue weighted by Crippen LogP contribution is -2.64. The molecule has 1 aliphatic heterocycles. The highest BCUT2D eigenvalue weighted by molar-refractivity contribution is 5.94. The first-order valence-electron chi connectivity index (χ1n) is 12.2. The second-order valence-corrected chi connectivity index (χ2v) is 10.4. The van der Waals surface area contributed by atoms with Crippen LogP contribution >= 0.6 is 0 Å². The van der Waals surface area contributed by atoms with Crippen molar-refractivity contribution in [1.29, 1.82) is 0 Å². The van der Waals surface area contributed by atoms with Crippen molar-refractivity contribution in [2.24, 2.45) is 5.41 Å². The van der Waals surface area contributed by atoms with E-state index in [1.165, 1.54) is 4.90 Å². The number of piperazine rings is 1. The van der Waals surface area contributed by atoms with Gasteiger partial charge in [0, 0.05) is 26.2 Å². The summed E-state index contributed by atoms with van der Waals surface area (Å²) < 4.78 is 0. The highest BCUT2D eigenvalue weighted by Crippen LogP contribution is 2.55. The summed E-state index contributed by atoms with van der Waals surface area (Å²) in [6.07, 6.45) is 3.03. The van der Waals surface area contributed by atoms with E-state index < -0.39 is 28.5 Å². The predicted octanol–water partition coefficient (Wildman–Crippen LogP) is 4.47. The smallest absolute Gasteiger partial charge is 0.407 e. The van der Waals surface area contributed by atoms with E-state index in [0.717, 1.165) is 48.7 Å². The van der Waals surface area contributed by atoms with Gasteiger partial charge in [-0.15, -0.1) is 0 Å². The monoisotopic (exact) mass is 470 g/mol. The third-order valence-electron chi connectivity index (χ3n) is 7.41. The minimum atomic E-state index is -1.36. The molecule has 2 aliphatic rings. The molecule has 0 radical (unpaired) electrons. The number of fused-ring (bicyclic) bond motifs is 1. The fraction of sp³-hybridized carbons (Fsp3) is 0.556. The number of aliphatic carboxylic acids is 1. The maximum Gasteiger partial charge on any atom is 0.407 e. The maximum absolute atomic E-state index is 12.9. The number of aliphatic hydroxyl groups is 1. The molecule has 1 saturated heterocycles. The first-order valence-corrected chi connectivity index (χ1v) is 12.2. The molecule has 2 aromatic rings. The molecule has 0 spiro atoms. The van der Waals surface area contributed by atoms with Crippen molar-refractivity contribution in [3.05, 3.63) is 48.0 Å². The average Bonchev–Trinajstić information content (AvgIpc) is 2.80. The van der Waals surface area contributed by atoms with Gasteiger partial charge in [0.1, 0.15) is 5.41 Å². The lowest BCUT2D eigenvalue weighted by Gasteiger charge is -2.54. The second-order valence-electron chi connectivity index (χ2n) is 10.4. The fourth-order valence-corrected chi connectivity index (χ4v) is 5.91. The number of carboxylic acid groups (broad SMARTS) is 2. The molecule has 0 aromatic heterocycles. The highest BCUT2D eigenvalue weighted by atomic mass is 16.4. The summed E-state index contributed by atoms with van der Waals surface area (Å²) in [5.74, 6) is -0.930. The third kappa shape index (κ3) is 4.77. The van der Waals surface area contributed by atoms with Gasteiger partial charge in [0.05, 0.1) is 5.60 Å². The van der Waals surface area contributed by atoms with Crippen LogP contribution in [0.4, 0.5) is 4.79 Å². The predicted molar refractivity (Wildman–Crippen MR) is 133 cm³/mol. The van der Waals surface area contributed by atoms with Crippen LogP contribution in [-0.4, -0.2) is 64.1 Å². The summed E-state index contributed by atoms with van der Waals surface area (Å²) in [7, 11) is 0. The van der Waals surface area contributed by atoms with Gasteiger partial charge in [-0.3, -0.25) is 4.79 Å². The first kappa shape index (κ1) is 26.0. The fourth-order valence-electron chi connectivity index (χ4n) is 5.91. The van der Waals surface area contributed by atoms with Crippen molar-refractivity contribution in [3.8, 4) is 0 Å². The summed E-state index contributed by atoms with van der Waals surface area (Å²) in [6.45, 7) is 8.63. The summed E-state index contributed by atoms with van der Waals surface area (Å²) in [5.41, 5.74) is -2.52. The first-order chi connectivity index (χ1) is 16.0. The molecule has 1 saturated carbocycles. The molecular formula is C27H38N2O5. The van der Waals surface area contributed by atoms with E-state index in [9.17, 15) is 19.8 Å². The van der Waals surface area contributed by atoms with Crippen LogP contribution in [0.15, 0.2) is 42.5 Å². The summed E-state index contributed by atoms with van der Waals surface area (Å²) in [5, 5.41) is 35.7. The SMILES string of the molecule is CC(C)(C)C(C(=O)O)(c1cccc2ccccc12)C1(O)CCCCC1.O=C(O)N1CCNCC1. The maximum atomic E-state index is 12.9. The molecule has 2 aromatic carbocycles. The zero-order chi connectivity index (χ0) is 25.0. The van der Waals surface area contributed by atoms with Crippen LogP contribution in [0.25, 0.3) is 10.8 Å². The van der Waals surface area contributed by atoms with Crippen molar-refractivity contribution < 1.29 is 24.9 Å². The number of carbonyl (C=O) groups is 2. The number of nitrogens with one attached hydrogen (secondary N) is 1. The lowest BCUT2D eigenvalue weighted by atomic mass is 9.50. The zero-order valence-corrected chi connectivity index (χ0v) is 20.5. The molecule has 1 unspecified atom stereocenters. The number of rotatable bonds is 3. The van der Waals surface area contributed by atoms with E-state index in [-0.39, 0.29) is 0 Å². The van der Waals surface area contributed by atoms with E-state index >= 15 is 0 Å². The van der Waals surface area contributed by atoms with Crippen molar-refractivity contribution in [2.45, 2.75) is 63.9 Å². The quantitative estimate of drug-likeness (QED) is 0.527. The minimum absolute atomic E-state index is 0.528. The van der Waals surface area contributed by atoms with E-state index in [1.807, 2.05) is 63.2 Å². The Bertz CT molecular complexity index is 998. The lowest BCUT2D eigenvalue weighted by molar-refractivity contribution is -0.173. The van der Waals surface area contributed by atoms with E-state index in [2.05, 4.69) is 5.32 Å². The Morgan fingerprint density at radius 1 is 0.912 bits per heavy atom. The van der Waals surface area contributed by atoms with Gasteiger partial charge >= 0.3 is 12.1 Å². The van der Waals surface area contributed by atoms with Gasteiger partial charge in [0.2, 0.25) is 0 Å². The Kier molecular flexibility index (Phi) is 7.88. The van der Waals surface area contributed by atoms with Crippen LogP contribution < -0.4 is 5.32 Å². The number of hydrogen-bond donors (Lipinski definition) is 4. The molecule has 1 atom stereocenters. The minimum Gasteiger partial charge on any atom is -0.480 e. The molecule has 1 aliphatic carbocycles. The summed E-state index contributed by atoms with van der Waals surface area (Å²) in [4.78, 5) is 24.5. The number of benzene rings is 2. The largest absolute Gasteiger partial charge is 0.480 e. The third-order valence-corrected chi connectivity index (χ3v) is 7.41. The number of hydrogen-bond acceptors (Lipinski definition) is 4. The highest BCUT2D eigenvalue weighted by Gasteiger charge is 2.63. The van der Waals surface area contributed by atoms with Gasteiger partial charge < -0.3 is 25.5 Å². The van der Waals surface area contributed by atoms with Crippen molar-refractivity contribution in [2.75, 3.05) is 26.2 Å². The average molecular weight is 471 g/mol. The van der Waals surface area contributed by atoms with Crippen LogP contribution in [0.2, 0.25) is 0 Å². The van der Waals surface area contributed by atoms with Gasteiger partial charge in [-0.25, -0.2) is 4.79 Å². The van der Waals surface area contributed by atoms with Crippen LogP contribution in [0, 0.1) is 5.41 Å². The van der Waals surface area contributed by atoms with Gasteiger partial charge in [-0.2, -0.15) is 0 Å². The van der Waals surface area contributed by atoms with Crippen LogP contribution in [0.5, 0.6) is 0 Å². The zero-order valence-electron chi connectivity index (χ0n) is 20.5. The van der Waals surface area contributed by atoms with E-state index in [1.54, 1.807) is 0 Å². The molecule has 7 heteroatoms. The van der Waals surface area contributed by atoms with Gasteiger partial charge in [0.25, 0.3) is 0 Å². The molecule has 4 rings (SSSR count). The Morgan fingerprint density at radius 2 is 1.50 bits per heavy atom. The molecule has 34 heavy (non-hydrogen) atoms. The normalized spacial score (nSPS) is 20.1. The van der Waals surface area contributed by atoms with Crippen molar-refractivity contribution in [1.82, 2.24) is 10.2 Å². The molecule has 1 heterocycles. The van der Waals surface area contributed by atoms with E-state index in [0.29, 0.717) is 25.9 Å². The molecule has 186 valence electrons.